The van der Waals surface area contributed by atoms with Gasteiger partial charge in [0.2, 0.25) is 0 Å². The molecule has 5 nitrogen and oxygen atoms in total. The fourth-order valence-corrected chi connectivity index (χ4v) is 5.90. The summed E-state index contributed by atoms with van der Waals surface area (Å²) in [5, 5.41) is 9.03. The predicted octanol–water partition coefficient (Wildman–Crippen LogP) is 3.15. The standard InChI is InChI=1S/C15H17F3N4OS/c16-15(17,18)11-3-4-13(21-12(11)9-19)22-7-1-5-14(22)6-2-8-24(20,23)10-14/h3-4,20H,1-2,5-8,10H2. The highest BCUT2D eigenvalue weighted by Gasteiger charge is 2.46. The zero-order valence-corrected chi connectivity index (χ0v) is 13.7. The molecule has 9 heteroatoms. The number of nitrogens with zero attached hydrogens (tertiary/aromatic N) is 3. The third-order valence-electron chi connectivity index (χ3n) is 4.78. The number of halogens is 3. The van der Waals surface area contributed by atoms with E-state index in [1.165, 1.54) is 12.1 Å². The van der Waals surface area contributed by atoms with Gasteiger partial charge in [0.1, 0.15) is 11.9 Å². The highest BCUT2D eigenvalue weighted by Crippen LogP contribution is 2.41. The topological polar surface area (TPSA) is 80.8 Å². The van der Waals surface area contributed by atoms with Gasteiger partial charge in [-0.05, 0) is 37.8 Å². The van der Waals surface area contributed by atoms with Gasteiger partial charge >= 0.3 is 6.18 Å². The number of nitrogens with one attached hydrogen (secondary N) is 1. The Balaban J connectivity index is 2.01. The van der Waals surface area contributed by atoms with Crippen molar-refractivity contribution < 1.29 is 17.4 Å². The van der Waals surface area contributed by atoms with Crippen LogP contribution in [0, 0.1) is 16.1 Å². The molecule has 2 saturated heterocycles. The van der Waals surface area contributed by atoms with Gasteiger partial charge in [-0.3, -0.25) is 4.78 Å². The number of hydrogen-bond acceptors (Lipinski definition) is 5. The van der Waals surface area contributed by atoms with Crippen LogP contribution in [0.5, 0.6) is 0 Å². The summed E-state index contributed by atoms with van der Waals surface area (Å²) in [6.45, 7) is 0.582. The van der Waals surface area contributed by atoms with Crippen LogP contribution in [0.1, 0.15) is 36.9 Å². The monoisotopic (exact) mass is 358 g/mol. The van der Waals surface area contributed by atoms with Crippen molar-refractivity contribution in [1.29, 1.82) is 10.0 Å². The number of anilines is 1. The molecule has 2 fully saturated rings. The lowest BCUT2D eigenvalue weighted by Gasteiger charge is -2.42. The Hall–Kier alpha value is -1.82. The lowest BCUT2D eigenvalue weighted by atomic mass is 9.92. The summed E-state index contributed by atoms with van der Waals surface area (Å²) >= 11 is 0. The molecule has 24 heavy (non-hydrogen) atoms. The van der Waals surface area contributed by atoms with Crippen LogP contribution in [0.15, 0.2) is 12.1 Å². The minimum atomic E-state index is -4.63. The van der Waals surface area contributed by atoms with Crippen LogP contribution in [0.4, 0.5) is 19.0 Å². The van der Waals surface area contributed by atoms with Crippen LogP contribution >= 0.6 is 0 Å². The lowest BCUT2D eigenvalue weighted by molar-refractivity contribution is -0.138. The van der Waals surface area contributed by atoms with E-state index in [-0.39, 0.29) is 5.75 Å². The Morgan fingerprint density at radius 2 is 2.04 bits per heavy atom. The molecule has 3 heterocycles. The number of nitriles is 1. The Bertz CT molecular complexity index is 800. The Labute approximate surface area is 138 Å². The zero-order valence-electron chi connectivity index (χ0n) is 12.9. The molecule has 0 bridgehead atoms. The molecule has 0 aliphatic carbocycles. The van der Waals surface area contributed by atoms with Crippen LogP contribution in [-0.2, 0) is 15.9 Å². The van der Waals surface area contributed by atoms with Gasteiger partial charge in [0.05, 0.1) is 16.9 Å². The zero-order chi connectivity index (χ0) is 17.6. The molecular weight excluding hydrogens is 341 g/mol. The highest BCUT2D eigenvalue weighted by molar-refractivity contribution is 7.92. The van der Waals surface area contributed by atoms with Crippen molar-refractivity contribution in [2.45, 2.75) is 37.4 Å². The second-order valence-corrected chi connectivity index (χ2v) is 8.74. The van der Waals surface area contributed by atoms with Crippen LogP contribution in [0.25, 0.3) is 0 Å². The molecule has 0 aromatic carbocycles. The SMILES string of the molecule is N#Cc1nc(N2CCCC23CCCS(=N)(=O)C3)ccc1C(F)(F)F. The van der Waals surface area contributed by atoms with Gasteiger partial charge in [0.15, 0.2) is 5.69 Å². The minimum absolute atomic E-state index is 0.213. The summed E-state index contributed by atoms with van der Waals surface area (Å²) in [5.74, 6) is 0.881. The molecule has 0 saturated carbocycles. The molecule has 1 spiro atoms. The first-order valence-electron chi connectivity index (χ1n) is 7.67. The summed E-state index contributed by atoms with van der Waals surface area (Å²) in [6.07, 6.45) is -1.68. The summed E-state index contributed by atoms with van der Waals surface area (Å²) in [7, 11) is -2.68. The maximum absolute atomic E-state index is 12.9. The van der Waals surface area contributed by atoms with Crippen LogP contribution in [0.2, 0.25) is 0 Å². The molecule has 2 aliphatic heterocycles. The van der Waals surface area contributed by atoms with Gasteiger partial charge in [0, 0.05) is 22.0 Å². The van der Waals surface area contributed by atoms with Crippen molar-refractivity contribution >= 4 is 15.5 Å². The van der Waals surface area contributed by atoms with E-state index in [9.17, 15) is 17.4 Å². The normalized spacial score (nSPS) is 30.5. The molecule has 2 aliphatic rings. The van der Waals surface area contributed by atoms with Crippen LogP contribution in [0.3, 0.4) is 0 Å². The molecule has 0 radical (unpaired) electrons. The van der Waals surface area contributed by atoms with Crippen molar-refractivity contribution in [3.8, 4) is 6.07 Å². The highest BCUT2D eigenvalue weighted by atomic mass is 32.2. The van der Waals surface area contributed by atoms with E-state index in [2.05, 4.69) is 4.98 Å². The van der Waals surface area contributed by atoms with Gasteiger partial charge in [0.25, 0.3) is 0 Å². The fraction of sp³-hybridized carbons (Fsp3) is 0.600. The first kappa shape index (κ1) is 17.0. The molecule has 0 amide bonds. The fourth-order valence-electron chi connectivity index (χ4n) is 3.83. The van der Waals surface area contributed by atoms with E-state index in [4.69, 9.17) is 10.0 Å². The van der Waals surface area contributed by atoms with Crippen LogP contribution < -0.4 is 4.90 Å². The van der Waals surface area contributed by atoms with E-state index >= 15 is 0 Å². The second-order valence-electron chi connectivity index (χ2n) is 6.42. The van der Waals surface area contributed by atoms with Crippen LogP contribution in [-0.4, -0.2) is 32.8 Å². The molecule has 2 unspecified atom stereocenters. The van der Waals surface area contributed by atoms with Crippen molar-refractivity contribution in [2.24, 2.45) is 0 Å². The summed E-state index contributed by atoms with van der Waals surface area (Å²) in [4.78, 5) is 5.79. The molecule has 3 rings (SSSR count). The maximum Gasteiger partial charge on any atom is 0.419 e. The van der Waals surface area contributed by atoms with E-state index in [1.807, 2.05) is 4.90 Å². The minimum Gasteiger partial charge on any atom is -0.350 e. The smallest absolute Gasteiger partial charge is 0.350 e. The largest absolute Gasteiger partial charge is 0.419 e. The number of hydrogen-bond donors (Lipinski definition) is 1. The maximum atomic E-state index is 12.9. The van der Waals surface area contributed by atoms with Gasteiger partial charge in [-0.1, -0.05) is 0 Å². The molecule has 1 N–H and O–H groups in total. The molecule has 2 atom stereocenters. The number of pyridine rings is 1. The first-order valence-corrected chi connectivity index (χ1v) is 9.57. The van der Waals surface area contributed by atoms with Crippen molar-refractivity contribution in [3.05, 3.63) is 23.4 Å². The Kier molecular flexibility index (Phi) is 3.98. The Morgan fingerprint density at radius 1 is 1.33 bits per heavy atom. The molecule has 130 valence electrons. The van der Waals surface area contributed by atoms with Gasteiger partial charge in [-0.25, -0.2) is 9.19 Å². The van der Waals surface area contributed by atoms with Crippen molar-refractivity contribution in [3.63, 3.8) is 0 Å². The second kappa shape index (κ2) is 5.62. The van der Waals surface area contributed by atoms with Crippen molar-refractivity contribution in [1.82, 2.24) is 4.98 Å². The van der Waals surface area contributed by atoms with E-state index in [1.54, 1.807) is 0 Å². The molecule has 1 aromatic rings. The summed E-state index contributed by atoms with van der Waals surface area (Å²) in [6, 6.07) is 3.68. The lowest BCUT2D eigenvalue weighted by Crippen LogP contribution is -2.52. The van der Waals surface area contributed by atoms with Gasteiger partial charge in [-0.15, -0.1) is 0 Å². The number of alkyl halides is 3. The van der Waals surface area contributed by atoms with Gasteiger partial charge < -0.3 is 4.90 Å². The van der Waals surface area contributed by atoms with E-state index in [0.717, 1.165) is 25.3 Å². The molecule has 1 aromatic heterocycles. The van der Waals surface area contributed by atoms with E-state index < -0.39 is 32.7 Å². The van der Waals surface area contributed by atoms with Gasteiger partial charge in [-0.2, -0.15) is 18.4 Å². The van der Waals surface area contributed by atoms with E-state index in [0.29, 0.717) is 24.5 Å². The predicted molar refractivity (Wildman–Crippen MR) is 83.1 cm³/mol. The quantitative estimate of drug-likeness (QED) is 0.836. The number of rotatable bonds is 1. The molecular formula is C15H17F3N4OS. The first-order chi connectivity index (χ1) is 11.2. The Morgan fingerprint density at radius 3 is 2.67 bits per heavy atom. The van der Waals surface area contributed by atoms with Crippen molar-refractivity contribution in [2.75, 3.05) is 23.0 Å². The average Bonchev–Trinajstić information content (AvgIpc) is 2.87. The summed E-state index contributed by atoms with van der Waals surface area (Å²) in [5.41, 5.74) is -2.18. The third kappa shape index (κ3) is 2.95. The number of aromatic nitrogens is 1. The summed E-state index contributed by atoms with van der Waals surface area (Å²) < 4.78 is 59.0. The third-order valence-corrected chi connectivity index (χ3v) is 6.73. The average molecular weight is 358 g/mol.